The molecule has 0 heterocycles. The van der Waals surface area contributed by atoms with Crippen LogP contribution in [0.1, 0.15) is 50.6 Å². The lowest BCUT2D eigenvalue weighted by Crippen LogP contribution is -2.26. The maximum absolute atomic E-state index is 11.9. The maximum Gasteiger partial charge on any atom is 0.240 e. The summed E-state index contributed by atoms with van der Waals surface area (Å²) in [5.74, 6) is 0.0113. The van der Waals surface area contributed by atoms with Crippen molar-refractivity contribution in [2.24, 2.45) is 5.73 Å². The van der Waals surface area contributed by atoms with Crippen molar-refractivity contribution < 1.29 is 13.2 Å². The zero-order chi connectivity index (χ0) is 17.3. The van der Waals surface area contributed by atoms with Gasteiger partial charge >= 0.3 is 0 Å². The Morgan fingerprint density at radius 1 is 1.13 bits per heavy atom. The monoisotopic (exact) mass is 341 g/mol. The molecule has 0 aliphatic carbocycles. The van der Waals surface area contributed by atoms with Gasteiger partial charge in [-0.1, -0.05) is 25.0 Å². The minimum absolute atomic E-state index is 0.0113. The summed E-state index contributed by atoms with van der Waals surface area (Å²) >= 11 is 0. The van der Waals surface area contributed by atoms with Crippen molar-refractivity contribution >= 4 is 15.9 Å². The normalized spacial score (nSPS) is 12.8. The van der Waals surface area contributed by atoms with Crippen LogP contribution in [0.25, 0.3) is 0 Å². The van der Waals surface area contributed by atoms with Gasteiger partial charge in [0, 0.05) is 6.42 Å². The summed E-state index contributed by atoms with van der Waals surface area (Å²) in [5, 5.41) is 2.93. The smallest absolute Gasteiger partial charge is 0.240 e. The number of nitrogens with one attached hydrogen (secondary N) is 2. The van der Waals surface area contributed by atoms with Gasteiger partial charge in [0.2, 0.25) is 15.9 Å². The lowest BCUT2D eigenvalue weighted by atomic mass is 10.1. The number of carbonyl (C=O) groups excluding carboxylic acids is 1. The SMILES string of the molecule is CNS(=O)(=O)c1ccc(C(C)NC(=O)CCCCCCN)cc1. The van der Waals surface area contributed by atoms with Gasteiger partial charge in [-0.3, -0.25) is 4.79 Å². The molecule has 0 fully saturated rings. The Bertz CT molecular complexity index is 585. The van der Waals surface area contributed by atoms with E-state index in [2.05, 4.69) is 10.0 Å². The van der Waals surface area contributed by atoms with Crippen LogP contribution in [0.15, 0.2) is 29.2 Å². The maximum atomic E-state index is 11.9. The highest BCUT2D eigenvalue weighted by Gasteiger charge is 2.13. The third-order valence-electron chi connectivity index (χ3n) is 3.69. The molecule has 0 aromatic heterocycles. The number of hydrogen-bond donors (Lipinski definition) is 3. The van der Waals surface area contributed by atoms with Crippen LogP contribution >= 0.6 is 0 Å². The second-order valence-corrected chi connectivity index (χ2v) is 7.41. The average Bonchev–Trinajstić information content (AvgIpc) is 2.54. The number of carbonyl (C=O) groups is 1. The number of hydrogen-bond acceptors (Lipinski definition) is 4. The number of sulfonamides is 1. The summed E-state index contributed by atoms with van der Waals surface area (Å²) in [6.45, 7) is 2.58. The fourth-order valence-electron chi connectivity index (χ4n) is 2.23. The van der Waals surface area contributed by atoms with E-state index < -0.39 is 10.0 Å². The van der Waals surface area contributed by atoms with E-state index in [1.54, 1.807) is 12.1 Å². The highest BCUT2D eigenvalue weighted by Crippen LogP contribution is 2.16. The fourth-order valence-corrected chi connectivity index (χ4v) is 2.96. The van der Waals surface area contributed by atoms with Gasteiger partial charge in [-0.2, -0.15) is 0 Å². The summed E-state index contributed by atoms with van der Waals surface area (Å²) in [6, 6.07) is 6.36. The van der Waals surface area contributed by atoms with Gasteiger partial charge in [0.25, 0.3) is 0 Å². The first kappa shape index (κ1) is 19.6. The van der Waals surface area contributed by atoms with Crippen LogP contribution in [0.3, 0.4) is 0 Å². The minimum Gasteiger partial charge on any atom is -0.350 e. The van der Waals surface area contributed by atoms with Crippen LogP contribution < -0.4 is 15.8 Å². The number of unbranched alkanes of at least 4 members (excludes halogenated alkanes) is 3. The minimum atomic E-state index is -3.43. The molecule has 0 radical (unpaired) electrons. The van der Waals surface area contributed by atoms with Gasteiger partial charge in [0.05, 0.1) is 10.9 Å². The van der Waals surface area contributed by atoms with E-state index in [0.717, 1.165) is 31.2 Å². The predicted octanol–water partition coefficient (Wildman–Crippen LogP) is 1.68. The summed E-state index contributed by atoms with van der Waals surface area (Å²) in [6.07, 6.45) is 4.43. The first-order valence-corrected chi connectivity index (χ1v) is 9.42. The van der Waals surface area contributed by atoms with Crippen molar-refractivity contribution in [2.45, 2.75) is 50.0 Å². The molecule has 1 aromatic carbocycles. The average molecular weight is 341 g/mol. The molecule has 0 aliphatic rings. The molecule has 0 bridgehead atoms. The quantitative estimate of drug-likeness (QED) is 0.564. The van der Waals surface area contributed by atoms with E-state index in [4.69, 9.17) is 5.73 Å². The van der Waals surface area contributed by atoms with Crippen LogP contribution in [0.5, 0.6) is 0 Å². The van der Waals surface area contributed by atoms with Crippen LogP contribution in [-0.2, 0) is 14.8 Å². The largest absolute Gasteiger partial charge is 0.350 e. The van der Waals surface area contributed by atoms with Gasteiger partial charge in [0.15, 0.2) is 0 Å². The highest BCUT2D eigenvalue weighted by molar-refractivity contribution is 7.89. The van der Waals surface area contributed by atoms with E-state index in [0.29, 0.717) is 13.0 Å². The second kappa shape index (κ2) is 9.64. The molecule has 7 heteroatoms. The van der Waals surface area contributed by atoms with Gasteiger partial charge in [0.1, 0.15) is 0 Å². The van der Waals surface area contributed by atoms with Crippen molar-refractivity contribution in [3.05, 3.63) is 29.8 Å². The van der Waals surface area contributed by atoms with Gasteiger partial charge in [-0.05, 0) is 51.1 Å². The number of amides is 1. The zero-order valence-corrected chi connectivity index (χ0v) is 14.7. The molecule has 0 spiro atoms. The lowest BCUT2D eigenvalue weighted by molar-refractivity contribution is -0.121. The Morgan fingerprint density at radius 2 is 1.74 bits per heavy atom. The molecule has 0 saturated heterocycles. The molecular weight excluding hydrogens is 314 g/mol. The molecule has 0 saturated carbocycles. The molecule has 0 aliphatic heterocycles. The van der Waals surface area contributed by atoms with E-state index in [-0.39, 0.29) is 16.8 Å². The molecule has 1 unspecified atom stereocenters. The van der Waals surface area contributed by atoms with E-state index in [1.807, 2.05) is 6.92 Å². The van der Waals surface area contributed by atoms with E-state index >= 15 is 0 Å². The summed E-state index contributed by atoms with van der Waals surface area (Å²) in [7, 11) is -2.06. The van der Waals surface area contributed by atoms with Crippen LogP contribution in [0.4, 0.5) is 0 Å². The van der Waals surface area contributed by atoms with E-state index in [9.17, 15) is 13.2 Å². The Kier molecular flexibility index (Phi) is 8.22. The Labute approximate surface area is 138 Å². The third kappa shape index (κ3) is 6.68. The molecule has 6 nitrogen and oxygen atoms in total. The topological polar surface area (TPSA) is 101 Å². The second-order valence-electron chi connectivity index (χ2n) is 5.52. The molecule has 1 amide bonds. The third-order valence-corrected chi connectivity index (χ3v) is 5.12. The molecule has 1 atom stereocenters. The standard InChI is InChI=1S/C16H27N3O3S/c1-13(19-16(20)7-5-3-4-6-12-17)14-8-10-15(11-9-14)23(21,22)18-2/h8-11,13,18H,3-7,12,17H2,1-2H3,(H,19,20). The first-order valence-electron chi connectivity index (χ1n) is 7.93. The highest BCUT2D eigenvalue weighted by atomic mass is 32.2. The summed E-state index contributed by atoms with van der Waals surface area (Å²) < 4.78 is 25.6. The first-order chi connectivity index (χ1) is 10.9. The predicted molar refractivity (Wildman–Crippen MR) is 91.4 cm³/mol. The fraction of sp³-hybridized carbons (Fsp3) is 0.562. The Hall–Kier alpha value is -1.44. The van der Waals surface area contributed by atoms with Crippen molar-refractivity contribution in [1.82, 2.24) is 10.0 Å². The van der Waals surface area contributed by atoms with Crippen molar-refractivity contribution in [3.8, 4) is 0 Å². The van der Waals surface area contributed by atoms with Crippen molar-refractivity contribution in [3.63, 3.8) is 0 Å². The summed E-state index contributed by atoms with van der Waals surface area (Å²) in [4.78, 5) is 12.1. The molecular formula is C16H27N3O3S. The number of rotatable bonds is 10. The van der Waals surface area contributed by atoms with E-state index in [1.165, 1.54) is 19.2 Å². The molecule has 23 heavy (non-hydrogen) atoms. The molecule has 130 valence electrons. The van der Waals surface area contributed by atoms with Crippen molar-refractivity contribution in [2.75, 3.05) is 13.6 Å². The Balaban J connectivity index is 2.48. The molecule has 4 N–H and O–H groups in total. The van der Waals surface area contributed by atoms with Crippen LogP contribution in [0, 0.1) is 0 Å². The zero-order valence-electron chi connectivity index (χ0n) is 13.8. The van der Waals surface area contributed by atoms with Crippen molar-refractivity contribution in [1.29, 1.82) is 0 Å². The Morgan fingerprint density at radius 3 is 2.30 bits per heavy atom. The lowest BCUT2D eigenvalue weighted by Gasteiger charge is -2.15. The number of nitrogens with two attached hydrogens (primary N) is 1. The molecule has 1 aromatic rings. The van der Waals surface area contributed by atoms with Crippen LogP contribution in [-0.4, -0.2) is 27.9 Å². The molecule has 1 rings (SSSR count). The summed E-state index contributed by atoms with van der Waals surface area (Å²) in [5.41, 5.74) is 6.30. The number of benzene rings is 1. The van der Waals surface area contributed by atoms with Gasteiger partial charge in [-0.25, -0.2) is 13.1 Å². The van der Waals surface area contributed by atoms with Crippen LogP contribution in [0.2, 0.25) is 0 Å². The van der Waals surface area contributed by atoms with Gasteiger partial charge < -0.3 is 11.1 Å². The van der Waals surface area contributed by atoms with Gasteiger partial charge in [-0.15, -0.1) is 0 Å².